The zero-order valence-corrected chi connectivity index (χ0v) is 11.5. The van der Waals surface area contributed by atoms with Gasteiger partial charge in [-0.15, -0.1) is 0 Å². The highest BCUT2D eigenvalue weighted by Crippen LogP contribution is 2.25. The van der Waals surface area contributed by atoms with Crippen molar-refractivity contribution in [2.24, 2.45) is 0 Å². The number of carbonyl (C=O) groups is 1. The van der Waals surface area contributed by atoms with Gasteiger partial charge in [-0.3, -0.25) is 4.79 Å². The van der Waals surface area contributed by atoms with Crippen molar-refractivity contribution in [1.29, 1.82) is 0 Å². The summed E-state index contributed by atoms with van der Waals surface area (Å²) in [6.45, 7) is 0. The molecule has 0 aliphatic rings. The predicted molar refractivity (Wildman–Crippen MR) is 76.3 cm³/mol. The molecule has 4 nitrogen and oxygen atoms in total. The smallest absolute Gasteiger partial charge is 0.268 e. The van der Waals surface area contributed by atoms with Crippen LogP contribution in [0.1, 0.15) is 10.4 Å². The molecule has 0 spiro atoms. The van der Waals surface area contributed by atoms with E-state index in [2.05, 4.69) is 0 Å². The maximum Gasteiger partial charge on any atom is 0.268 e. The molecule has 3 rings (SSSR count). The summed E-state index contributed by atoms with van der Waals surface area (Å²) >= 11 is 0. The molecule has 0 bridgehead atoms. The largest absolute Gasteiger partial charge is 0.298 e. The van der Waals surface area contributed by atoms with Gasteiger partial charge in [0.2, 0.25) is 0 Å². The zero-order chi connectivity index (χ0) is 15.0. The molecule has 0 atom stereocenters. The molecule has 0 aliphatic heterocycles. The first-order chi connectivity index (χ1) is 10.0. The molecule has 6 heteroatoms. The van der Waals surface area contributed by atoms with Crippen LogP contribution in [0.15, 0.2) is 59.6 Å². The summed E-state index contributed by atoms with van der Waals surface area (Å²) in [5.74, 6) is -0.514. The number of para-hydroxylation sites is 1. The minimum Gasteiger partial charge on any atom is -0.298 e. The summed E-state index contributed by atoms with van der Waals surface area (Å²) in [6, 6.07) is 11.3. The van der Waals surface area contributed by atoms with E-state index in [1.807, 2.05) is 0 Å². The van der Waals surface area contributed by atoms with Gasteiger partial charge in [0.15, 0.2) is 6.29 Å². The molecule has 1 aromatic heterocycles. The van der Waals surface area contributed by atoms with Crippen molar-refractivity contribution >= 4 is 27.2 Å². The summed E-state index contributed by atoms with van der Waals surface area (Å²) in [6.07, 6.45) is 1.88. The number of hydrogen-bond donors (Lipinski definition) is 0. The minimum atomic E-state index is -3.88. The molecule has 0 fully saturated rings. The molecule has 1 heterocycles. The van der Waals surface area contributed by atoms with Crippen LogP contribution in [-0.2, 0) is 10.0 Å². The molecule has 0 amide bonds. The lowest BCUT2D eigenvalue weighted by molar-refractivity contribution is 0.112. The Morgan fingerprint density at radius 2 is 1.67 bits per heavy atom. The van der Waals surface area contributed by atoms with E-state index in [1.165, 1.54) is 18.3 Å². The molecule has 21 heavy (non-hydrogen) atoms. The summed E-state index contributed by atoms with van der Waals surface area (Å²) < 4.78 is 39.2. The lowest BCUT2D eigenvalue weighted by Crippen LogP contribution is -2.11. The molecule has 0 saturated carbocycles. The molecule has 0 aliphatic carbocycles. The SMILES string of the molecule is O=Cc1cn(S(=O)(=O)c2ccc(F)cc2)c2ccccc12. The van der Waals surface area contributed by atoms with Gasteiger partial charge >= 0.3 is 0 Å². The average Bonchev–Trinajstić information content (AvgIpc) is 2.87. The highest BCUT2D eigenvalue weighted by Gasteiger charge is 2.20. The van der Waals surface area contributed by atoms with E-state index in [4.69, 9.17) is 0 Å². The van der Waals surface area contributed by atoms with Crippen molar-refractivity contribution in [2.75, 3.05) is 0 Å². The minimum absolute atomic E-state index is 0.0397. The van der Waals surface area contributed by atoms with Crippen molar-refractivity contribution in [2.45, 2.75) is 4.90 Å². The first kappa shape index (κ1) is 13.5. The van der Waals surface area contributed by atoms with Crippen molar-refractivity contribution in [3.63, 3.8) is 0 Å². The monoisotopic (exact) mass is 303 g/mol. The maximum atomic E-state index is 12.9. The Labute approximate surface area is 120 Å². The lowest BCUT2D eigenvalue weighted by Gasteiger charge is -2.07. The fourth-order valence-electron chi connectivity index (χ4n) is 2.19. The number of nitrogens with zero attached hydrogens (tertiary/aromatic N) is 1. The second-order valence-corrected chi connectivity index (χ2v) is 6.29. The summed E-state index contributed by atoms with van der Waals surface area (Å²) in [4.78, 5) is 11.0. The Hall–Kier alpha value is -2.47. The average molecular weight is 303 g/mol. The van der Waals surface area contributed by atoms with Crippen molar-refractivity contribution in [3.8, 4) is 0 Å². The number of halogens is 1. The van der Waals surface area contributed by atoms with E-state index in [0.29, 0.717) is 17.2 Å². The third-order valence-corrected chi connectivity index (χ3v) is 4.89. The van der Waals surface area contributed by atoms with E-state index in [0.717, 1.165) is 16.1 Å². The second-order valence-electron chi connectivity index (χ2n) is 4.47. The van der Waals surface area contributed by atoms with Gasteiger partial charge in [-0.25, -0.2) is 16.8 Å². The third-order valence-electron chi connectivity index (χ3n) is 3.21. The summed E-state index contributed by atoms with van der Waals surface area (Å²) in [5, 5.41) is 0.554. The van der Waals surface area contributed by atoms with Gasteiger partial charge in [0.25, 0.3) is 10.0 Å². The van der Waals surface area contributed by atoms with Gasteiger partial charge in [0.05, 0.1) is 10.4 Å². The lowest BCUT2D eigenvalue weighted by atomic mass is 10.2. The van der Waals surface area contributed by atoms with E-state index in [1.54, 1.807) is 24.3 Å². The normalized spacial score (nSPS) is 11.7. The number of carbonyl (C=O) groups excluding carboxylic acids is 1. The van der Waals surface area contributed by atoms with Crippen LogP contribution in [0.2, 0.25) is 0 Å². The van der Waals surface area contributed by atoms with E-state index in [9.17, 15) is 17.6 Å². The van der Waals surface area contributed by atoms with Crippen LogP contribution >= 0.6 is 0 Å². The Morgan fingerprint density at radius 3 is 2.33 bits per heavy atom. The molecule has 0 N–H and O–H groups in total. The number of hydrogen-bond acceptors (Lipinski definition) is 3. The van der Waals surface area contributed by atoms with Crippen LogP contribution in [0.5, 0.6) is 0 Å². The van der Waals surface area contributed by atoms with Crippen molar-refractivity contribution in [3.05, 3.63) is 66.1 Å². The van der Waals surface area contributed by atoms with Gasteiger partial charge < -0.3 is 0 Å². The Kier molecular flexibility index (Phi) is 3.10. The van der Waals surface area contributed by atoms with E-state index < -0.39 is 15.8 Å². The van der Waals surface area contributed by atoms with Crippen LogP contribution in [0.3, 0.4) is 0 Å². The van der Waals surface area contributed by atoms with Crippen LogP contribution in [0.25, 0.3) is 10.9 Å². The topological polar surface area (TPSA) is 56.1 Å². The Balaban J connectivity index is 2.29. The molecule has 106 valence electrons. The van der Waals surface area contributed by atoms with E-state index in [-0.39, 0.29) is 10.5 Å². The Morgan fingerprint density at radius 1 is 1.00 bits per heavy atom. The molecule has 3 aromatic rings. The molecule has 0 radical (unpaired) electrons. The van der Waals surface area contributed by atoms with Crippen LogP contribution in [0.4, 0.5) is 4.39 Å². The molecular weight excluding hydrogens is 293 g/mol. The number of fused-ring (bicyclic) bond motifs is 1. The predicted octanol–water partition coefficient (Wildman–Crippen LogP) is 2.83. The first-order valence-electron chi connectivity index (χ1n) is 6.10. The fourth-order valence-corrected chi connectivity index (χ4v) is 3.57. The highest BCUT2D eigenvalue weighted by atomic mass is 32.2. The standard InChI is InChI=1S/C15H10FNO3S/c16-12-5-7-13(8-6-12)21(19,20)17-9-11(10-18)14-3-1-2-4-15(14)17/h1-10H. The zero-order valence-electron chi connectivity index (χ0n) is 10.7. The van der Waals surface area contributed by atoms with Crippen LogP contribution < -0.4 is 0 Å². The van der Waals surface area contributed by atoms with Crippen molar-refractivity contribution < 1.29 is 17.6 Å². The Bertz CT molecular complexity index is 927. The molecule has 0 saturated heterocycles. The van der Waals surface area contributed by atoms with Crippen molar-refractivity contribution in [1.82, 2.24) is 3.97 Å². The molecular formula is C15H10FNO3S. The van der Waals surface area contributed by atoms with Gasteiger partial charge in [0, 0.05) is 17.1 Å². The number of aldehydes is 1. The van der Waals surface area contributed by atoms with Gasteiger partial charge in [0.1, 0.15) is 5.82 Å². The third kappa shape index (κ3) is 2.13. The summed E-state index contributed by atoms with van der Waals surface area (Å²) in [7, 11) is -3.88. The fraction of sp³-hybridized carbons (Fsp3) is 0. The van der Waals surface area contributed by atoms with Crippen LogP contribution in [0, 0.1) is 5.82 Å². The number of benzene rings is 2. The second kappa shape index (κ2) is 4.82. The first-order valence-corrected chi connectivity index (χ1v) is 7.54. The molecule has 2 aromatic carbocycles. The van der Waals surface area contributed by atoms with Gasteiger partial charge in [-0.1, -0.05) is 18.2 Å². The highest BCUT2D eigenvalue weighted by molar-refractivity contribution is 7.90. The van der Waals surface area contributed by atoms with Gasteiger partial charge in [-0.05, 0) is 30.3 Å². The number of rotatable bonds is 3. The quantitative estimate of drug-likeness (QED) is 0.699. The van der Waals surface area contributed by atoms with Gasteiger partial charge in [-0.2, -0.15) is 0 Å². The summed E-state index contributed by atoms with van der Waals surface area (Å²) in [5.41, 5.74) is 0.695. The van der Waals surface area contributed by atoms with Crippen LogP contribution in [-0.4, -0.2) is 18.7 Å². The number of aromatic nitrogens is 1. The maximum absolute atomic E-state index is 12.9. The van der Waals surface area contributed by atoms with E-state index >= 15 is 0 Å². The molecule has 0 unspecified atom stereocenters.